The van der Waals surface area contributed by atoms with Gasteiger partial charge in [-0.2, -0.15) is 0 Å². The molecule has 2 nitrogen and oxygen atoms in total. The van der Waals surface area contributed by atoms with Gasteiger partial charge in [-0.05, 0) is 44.2 Å². The molecule has 1 aromatic carbocycles. The predicted molar refractivity (Wildman–Crippen MR) is 117 cm³/mol. The lowest BCUT2D eigenvalue weighted by Gasteiger charge is -2.08. The third-order valence-corrected chi connectivity index (χ3v) is 4.63. The average molecular weight is 371 g/mol. The van der Waals surface area contributed by atoms with E-state index in [1.54, 1.807) is 0 Å². The zero-order valence-corrected chi connectivity index (χ0v) is 17.6. The highest BCUT2D eigenvalue weighted by molar-refractivity contribution is 5.93. The normalized spacial score (nSPS) is 11.9. The van der Waals surface area contributed by atoms with E-state index >= 15 is 0 Å². The Labute approximate surface area is 166 Å². The number of aryl methyl sites for hydroxylation is 1. The van der Waals surface area contributed by atoms with Gasteiger partial charge in [-0.15, -0.1) is 0 Å². The van der Waals surface area contributed by atoms with Crippen LogP contribution in [0.4, 0.5) is 0 Å². The standard InChI is InChI=1S/C25H38O2/c1-4-6-8-10-11-13-15-24(21-23-18-16-22(3)17-19-23)25(26)27-20-14-12-9-7-5-2/h10-11,16-19,21H,4-9,12-15,20H2,1-3H3. The maximum atomic E-state index is 12.6. The molecule has 0 saturated carbocycles. The molecule has 0 unspecified atom stereocenters. The number of unbranched alkanes of at least 4 members (excludes halogenated alkanes) is 6. The molecule has 1 aromatic rings. The molecule has 0 heterocycles. The highest BCUT2D eigenvalue weighted by atomic mass is 16.5. The third kappa shape index (κ3) is 11.5. The van der Waals surface area contributed by atoms with Crippen LogP contribution in [-0.4, -0.2) is 12.6 Å². The first-order valence-corrected chi connectivity index (χ1v) is 10.8. The van der Waals surface area contributed by atoms with Crippen molar-refractivity contribution in [3.63, 3.8) is 0 Å². The van der Waals surface area contributed by atoms with Crippen molar-refractivity contribution >= 4 is 12.0 Å². The molecule has 2 heteroatoms. The van der Waals surface area contributed by atoms with E-state index in [-0.39, 0.29) is 5.97 Å². The monoisotopic (exact) mass is 370 g/mol. The number of carbonyl (C=O) groups is 1. The van der Waals surface area contributed by atoms with Gasteiger partial charge in [-0.1, -0.05) is 94.4 Å². The number of benzene rings is 1. The van der Waals surface area contributed by atoms with E-state index in [1.165, 1.54) is 37.7 Å². The van der Waals surface area contributed by atoms with Gasteiger partial charge in [0, 0.05) is 5.57 Å². The number of rotatable bonds is 14. The first-order valence-electron chi connectivity index (χ1n) is 10.8. The predicted octanol–water partition coefficient (Wildman–Crippen LogP) is 7.42. The largest absolute Gasteiger partial charge is 0.462 e. The highest BCUT2D eigenvalue weighted by Crippen LogP contribution is 2.16. The van der Waals surface area contributed by atoms with Crippen molar-refractivity contribution in [1.82, 2.24) is 0 Å². The molecule has 1 rings (SSSR count). The van der Waals surface area contributed by atoms with Gasteiger partial charge in [-0.25, -0.2) is 4.79 Å². The summed E-state index contributed by atoms with van der Waals surface area (Å²) < 4.78 is 5.54. The summed E-state index contributed by atoms with van der Waals surface area (Å²) in [6.45, 7) is 7.01. The third-order valence-electron chi connectivity index (χ3n) is 4.63. The van der Waals surface area contributed by atoms with Gasteiger partial charge in [-0.3, -0.25) is 0 Å². The van der Waals surface area contributed by atoms with Gasteiger partial charge in [0.1, 0.15) is 0 Å². The minimum absolute atomic E-state index is 0.159. The highest BCUT2D eigenvalue weighted by Gasteiger charge is 2.10. The fourth-order valence-electron chi connectivity index (χ4n) is 2.86. The van der Waals surface area contributed by atoms with Gasteiger partial charge in [0.05, 0.1) is 6.61 Å². The van der Waals surface area contributed by atoms with Crippen LogP contribution in [0.2, 0.25) is 0 Å². The van der Waals surface area contributed by atoms with Crippen LogP contribution in [0.15, 0.2) is 42.0 Å². The number of carbonyl (C=O) groups excluding carboxylic acids is 1. The van der Waals surface area contributed by atoms with Gasteiger partial charge < -0.3 is 4.74 Å². The molecule has 0 N–H and O–H groups in total. The number of hydrogen-bond donors (Lipinski definition) is 0. The number of esters is 1. The maximum absolute atomic E-state index is 12.6. The summed E-state index contributed by atoms with van der Waals surface area (Å²) in [6.07, 6.45) is 17.4. The Morgan fingerprint density at radius 1 is 0.889 bits per heavy atom. The van der Waals surface area contributed by atoms with Crippen LogP contribution in [0, 0.1) is 6.92 Å². The maximum Gasteiger partial charge on any atom is 0.334 e. The van der Waals surface area contributed by atoms with Crippen LogP contribution in [-0.2, 0) is 9.53 Å². The summed E-state index contributed by atoms with van der Waals surface area (Å²) in [5.74, 6) is -0.159. The number of hydrogen-bond acceptors (Lipinski definition) is 2. The molecule has 0 aliphatic rings. The second-order valence-corrected chi connectivity index (χ2v) is 7.28. The fourth-order valence-corrected chi connectivity index (χ4v) is 2.86. The van der Waals surface area contributed by atoms with Crippen molar-refractivity contribution in [2.45, 2.75) is 85.0 Å². The molecule has 0 fully saturated rings. The van der Waals surface area contributed by atoms with Gasteiger partial charge in [0.2, 0.25) is 0 Å². The van der Waals surface area contributed by atoms with Crippen LogP contribution in [0.3, 0.4) is 0 Å². The van der Waals surface area contributed by atoms with Crippen LogP contribution in [0.25, 0.3) is 6.08 Å². The second-order valence-electron chi connectivity index (χ2n) is 7.28. The van der Waals surface area contributed by atoms with Crippen LogP contribution in [0.1, 0.15) is 89.2 Å². The van der Waals surface area contributed by atoms with Crippen LogP contribution in [0.5, 0.6) is 0 Å². The topological polar surface area (TPSA) is 26.3 Å². The van der Waals surface area contributed by atoms with Crippen molar-refractivity contribution in [2.75, 3.05) is 6.61 Å². The molecule has 27 heavy (non-hydrogen) atoms. The first kappa shape index (κ1) is 23.2. The summed E-state index contributed by atoms with van der Waals surface area (Å²) >= 11 is 0. The van der Waals surface area contributed by atoms with Crippen LogP contribution >= 0.6 is 0 Å². The van der Waals surface area contributed by atoms with Crippen molar-refractivity contribution in [2.24, 2.45) is 0 Å². The number of allylic oxidation sites excluding steroid dienone is 2. The Hall–Kier alpha value is -1.83. The summed E-state index contributed by atoms with van der Waals surface area (Å²) in [6, 6.07) is 8.27. The zero-order chi connectivity index (χ0) is 19.7. The van der Waals surface area contributed by atoms with Gasteiger partial charge >= 0.3 is 5.97 Å². The van der Waals surface area contributed by atoms with Gasteiger partial charge in [0.15, 0.2) is 0 Å². The molecule has 0 bridgehead atoms. The first-order chi connectivity index (χ1) is 13.2. The van der Waals surface area contributed by atoms with Crippen molar-refractivity contribution in [1.29, 1.82) is 0 Å². The SMILES string of the molecule is CCCCC=CCCC(=Cc1ccc(C)cc1)C(=O)OCCCCCCC. The lowest BCUT2D eigenvalue weighted by molar-refractivity contribution is -0.139. The van der Waals surface area contributed by atoms with E-state index in [9.17, 15) is 4.79 Å². The Morgan fingerprint density at radius 2 is 1.56 bits per heavy atom. The minimum Gasteiger partial charge on any atom is -0.462 e. The Morgan fingerprint density at radius 3 is 2.26 bits per heavy atom. The Kier molecular flexibility index (Phi) is 13.1. The van der Waals surface area contributed by atoms with Crippen molar-refractivity contribution in [3.8, 4) is 0 Å². The molecular formula is C25H38O2. The van der Waals surface area contributed by atoms with Crippen molar-refractivity contribution in [3.05, 3.63) is 53.1 Å². The molecular weight excluding hydrogens is 332 g/mol. The summed E-state index contributed by atoms with van der Waals surface area (Å²) in [7, 11) is 0. The van der Waals surface area contributed by atoms with E-state index in [2.05, 4.69) is 57.2 Å². The Bertz CT molecular complexity index is 566. The second kappa shape index (κ2) is 15.2. The quantitative estimate of drug-likeness (QED) is 0.147. The minimum atomic E-state index is -0.159. The molecule has 0 radical (unpaired) electrons. The van der Waals surface area contributed by atoms with E-state index < -0.39 is 0 Å². The van der Waals surface area contributed by atoms with Crippen molar-refractivity contribution < 1.29 is 9.53 Å². The molecule has 150 valence electrons. The van der Waals surface area contributed by atoms with E-state index in [0.29, 0.717) is 6.61 Å². The van der Waals surface area contributed by atoms with Crippen LogP contribution < -0.4 is 0 Å². The molecule has 0 aliphatic carbocycles. The zero-order valence-electron chi connectivity index (χ0n) is 17.6. The molecule has 0 aliphatic heterocycles. The molecule has 0 saturated heterocycles. The van der Waals surface area contributed by atoms with E-state index in [1.807, 2.05) is 6.08 Å². The summed E-state index contributed by atoms with van der Waals surface area (Å²) in [5.41, 5.74) is 3.06. The number of ether oxygens (including phenoxy) is 1. The Balaban J connectivity index is 2.59. The lowest BCUT2D eigenvalue weighted by atomic mass is 10.0. The molecule has 0 amide bonds. The molecule has 0 spiro atoms. The lowest BCUT2D eigenvalue weighted by Crippen LogP contribution is -2.09. The van der Waals surface area contributed by atoms with E-state index in [0.717, 1.165) is 43.2 Å². The summed E-state index contributed by atoms with van der Waals surface area (Å²) in [5, 5.41) is 0. The fraction of sp³-hybridized carbons (Fsp3) is 0.560. The van der Waals surface area contributed by atoms with E-state index in [4.69, 9.17) is 4.74 Å². The molecule has 0 atom stereocenters. The summed E-state index contributed by atoms with van der Waals surface area (Å²) in [4.78, 5) is 12.6. The molecule has 0 aromatic heterocycles. The van der Waals surface area contributed by atoms with Gasteiger partial charge in [0.25, 0.3) is 0 Å². The smallest absolute Gasteiger partial charge is 0.334 e. The average Bonchev–Trinajstić information content (AvgIpc) is 2.67.